The second-order valence-electron chi connectivity index (χ2n) is 4.65. The van der Waals surface area contributed by atoms with Crippen LogP contribution in [0.5, 0.6) is 0 Å². The number of hydrogen-bond donors (Lipinski definition) is 2. The number of rotatable bonds is 6. The van der Waals surface area contributed by atoms with Gasteiger partial charge in [-0.1, -0.05) is 30.1 Å². The largest absolute Gasteiger partial charge is 0.368 e. The van der Waals surface area contributed by atoms with Crippen LogP contribution in [0.1, 0.15) is 20.3 Å². The Kier molecular flexibility index (Phi) is 5.99. The quantitative estimate of drug-likeness (QED) is 0.790. The second kappa shape index (κ2) is 6.84. The summed E-state index contributed by atoms with van der Waals surface area (Å²) in [5.74, 6) is -0.350. The van der Waals surface area contributed by atoms with E-state index in [2.05, 4.69) is 5.32 Å². The normalized spacial score (nSPS) is 15.8. The molecule has 0 spiro atoms. The summed E-state index contributed by atoms with van der Waals surface area (Å²) in [6.07, 6.45) is 0.629. The molecular formula is C13H18Cl2N2OS. The molecule has 0 radical (unpaired) electrons. The van der Waals surface area contributed by atoms with Crippen molar-refractivity contribution in [2.75, 3.05) is 7.05 Å². The summed E-state index contributed by atoms with van der Waals surface area (Å²) in [4.78, 5) is 12.5. The molecule has 1 aromatic carbocycles. The van der Waals surface area contributed by atoms with Gasteiger partial charge in [0.15, 0.2) is 0 Å². The third kappa shape index (κ3) is 4.56. The van der Waals surface area contributed by atoms with Gasteiger partial charge in [0.05, 0.1) is 15.6 Å². The number of nitrogens with one attached hydrogen (secondary N) is 1. The van der Waals surface area contributed by atoms with Crippen LogP contribution in [0.2, 0.25) is 10.0 Å². The van der Waals surface area contributed by atoms with Crippen molar-refractivity contribution < 1.29 is 4.79 Å². The molecule has 19 heavy (non-hydrogen) atoms. The molecule has 6 heteroatoms. The highest BCUT2D eigenvalue weighted by Crippen LogP contribution is 2.32. The molecule has 0 saturated heterocycles. The summed E-state index contributed by atoms with van der Waals surface area (Å²) in [7, 11) is 1.74. The van der Waals surface area contributed by atoms with Gasteiger partial charge in [-0.2, -0.15) is 0 Å². The number of halogens is 2. The van der Waals surface area contributed by atoms with Crippen LogP contribution in [-0.4, -0.2) is 23.7 Å². The number of likely N-dealkylation sites (N-methyl/N-ethyl adjacent to an activating group) is 1. The number of hydrogen-bond acceptors (Lipinski definition) is 3. The molecule has 0 fully saturated rings. The molecule has 1 rings (SSSR count). The Morgan fingerprint density at radius 3 is 2.58 bits per heavy atom. The van der Waals surface area contributed by atoms with E-state index in [-0.39, 0.29) is 11.2 Å². The Morgan fingerprint density at radius 2 is 2.11 bits per heavy atom. The Balaban J connectivity index is 2.71. The minimum Gasteiger partial charge on any atom is -0.368 e. The maximum absolute atomic E-state index is 11.5. The van der Waals surface area contributed by atoms with E-state index in [1.165, 1.54) is 0 Å². The molecule has 2 unspecified atom stereocenters. The minimum absolute atomic E-state index is 0.210. The SMILES string of the molecule is CNC(C)(CC(C)Sc1ccc(Cl)c(Cl)c1)C(N)=O. The molecule has 0 aliphatic carbocycles. The number of benzene rings is 1. The van der Waals surface area contributed by atoms with Crippen molar-refractivity contribution in [1.82, 2.24) is 5.32 Å². The standard InChI is InChI=1S/C13H18Cl2N2OS/c1-8(7-13(2,17-3)12(16)18)19-9-4-5-10(14)11(15)6-9/h4-6,8,17H,7H2,1-3H3,(H2,16,18). The molecule has 1 aromatic rings. The minimum atomic E-state index is -0.706. The molecule has 3 N–H and O–H groups in total. The van der Waals surface area contributed by atoms with Gasteiger partial charge in [-0.15, -0.1) is 11.8 Å². The van der Waals surface area contributed by atoms with E-state index in [4.69, 9.17) is 28.9 Å². The van der Waals surface area contributed by atoms with Crippen molar-refractivity contribution in [3.63, 3.8) is 0 Å². The lowest BCUT2D eigenvalue weighted by Crippen LogP contribution is -2.52. The van der Waals surface area contributed by atoms with Gasteiger partial charge < -0.3 is 11.1 Å². The number of amides is 1. The Hall–Kier alpha value is -0.420. The first kappa shape index (κ1) is 16.6. The fourth-order valence-electron chi connectivity index (χ4n) is 1.72. The summed E-state index contributed by atoms with van der Waals surface area (Å²) >= 11 is 13.5. The van der Waals surface area contributed by atoms with E-state index in [9.17, 15) is 4.79 Å². The van der Waals surface area contributed by atoms with Crippen LogP contribution in [0.4, 0.5) is 0 Å². The van der Waals surface area contributed by atoms with Crippen LogP contribution >= 0.6 is 35.0 Å². The third-order valence-corrected chi connectivity index (χ3v) is 4.85. The Bertz CT molecular complexity index is 470. The molecule has 0 aromatic heterocycles. The lowest BCUT2D eigenvalue weighted by atomic mass is 9.95. The van der Waals surface area contributed by atoms with Crippen LogP contribution in [0, 0.1) is 0 Å². The van der Waals surface area contributed by atoms with Gasteiger partial charge >= 0.3 is 0 Å². The third-order valence-electron chi connectivity index (χ3n) is 3.02. The van der Waals surface area contributed by atoms with Crippen molar-refractivity contribution in [2.24, 2.45) is 5.73 Å². The number of nitrogens with two attached hydrogens (primary N) is 1. The van der Waals surface area contributed by atoms with Gasteiger partial charge in [0.25, 0.3) is 0 Å². The molecule has 1 amide bonds. The number of carbonyl (C=O) groups excluding carboxylic acids is 1. The first-order valence-corrected chi connectivity index (χ1v) is 7.52. The fourth-order valence-corrected chi connectivity index (χ4v) is 3.30. The van der Waals surface area contributed by atoms with Gasteiger partial charge in [0.2, 0.25) is 5.91 Å². The fraction of sp³-hybridized carbons (Fsp3) is 0.462. The average molecular weight is 321 g/mol. The van der Waals surface area contributed by atoms with Crippen LogP contribution in [0.3, 0.4) is 0 Å². The highest BCUT2D eigenvalue weighted by Gasteiger charge is 2.31. The average Bonchev–Trinajstić information content (AvgIpc) is 2.33. The van der Waals surface area contributed by atoms with Crippen molar-refractivity contribution in [3.05, 3.63) is 28.2 Å². The number of carbonyl (C=O) groups is 1. The van der Waals surface area contributed by atoms with Gasteiger partial charge in [-0.25, -0.2) is 0 Å². The van der Waals surface area contributed by atoms with Crippen LogP contribution in [0.15, 0.2) is 23.1 Å². The first-order chi connectivity index (χ1) is 8.78. The van der Waals surface area contributed by atoms with Crippen LogP contribution in [0.25, 0.3) is 0 Å². The molecule has 3 nitrogen and oxygen atoms in total. The van der Waals surface area contributed by atoms with E-state index in [0.29, 0.717) is 16.5 Å². The molecular weight excluding hydrogens is 303 g/mol. The van der Waals surface area contributed by atoms with E-state index in [0.717, 1.165) is 4.90 Å². The second-order valence-corrected chi connectivity index (χ2v) is 6.98. The molecule has 2 atom stereocenters. The van der Waals surface area contributed by atoms with Crippen molar-refractivity contribution in [2.45, 2.75) is 36.0 Å². The summed E-state index contributed by atoms with van der Waals surface area (Å²) in [5, 5.41) is 4.26. The maximum Gasteiger partial charge on any atom is 0.237 e. The van der Waals surface area contributed by atoms with Gasteiger partial charge in [0.1, 0.15) is 0 Å². The van der Waals surface area contributed by atoms with Crippen molar-refractivity contribution in [1.29, 1.82) is 0 Å². The number of thioether (sulfide) groups is 1. The predicted octanol–water partition coefficient (Wildman–Crippen LogP) is 3.33. The van der Waals surface area contributed by atoms with E-state index in [1.807, 2.05) is 19.1 Å². The summed E-state index contributed by atoms with van der Waals surface area (Å²) < 4.78 is 0. The molecule has 0 heterocycles. The van der Waals surface area contributed by atoms with E-state index < -0.39 is 5.54 Å². The molecule has 0 aliphatic heterocycles. The highest BCUT2D eigenvalue weighted by atomic mass is 35.5. The van der Waals surface area contributed by atoms with Crippen LogP contribution in [-0.2, 0) is 4.79 Å². The summed E-state index contributed by atoms with van der Waals surface area (Å²) in [6.45, 7) is 3.85. The lowest BCUT2D eigenvalue weighted by molar-refractivity contribution is -0.123. The molecule has 0 aliphatic rings. The Morgan fingerprint density at radius 1 is 1.47 bits per heavy atom. The molecule has 0 bridgehead atoms. The lowest BCUT2D eigenvalue weighted by Gasteiger charge is -2.28. The van der Waals surface area contributed by atoms with Gasteiger partial charge in [-0.05, 0) is 38.6 Å². The summed E-state index contributed by atoms with van der Waals surface area (Å²) in [6, 6.07) is 5.51. The van der Waals surface area contributed by atoms with E-state index >= 15 is 0 Å². The van der Waals surface area contributed by atoms with Gasteiger partial charge in [-0.3, -0.25) is 4.79 Å². The van der Waals surface area contributed by atoms with Gasteiger partial charge in [0, 0.05) is 10.1 Å². The highest BCUT2D eigenvalue weighted by molar-refractivity contribution is 8.00. The molecule has 0 saturated carbocycles. The smallest absolute Gasteiger partial charge is 0.237 e. The molecule has 106 valence electrons. The topological polar surface area (TPSA) is 55.1 Å². The first-order valence-electron chi connectivity index (χ1n) is 5.89. The number of primary amides is 1. The zero-order valence-electron chi connectivity index (χ0n) is 11.2. The predicted molar refractivity (Wildman–Crippen MR) is 83.1 cm³/mol. The van der Waals surface area contributed by atoms with E-state index in [1.54, 1.807) is 31.8 Å². The zero-order valence-corrected chi connectivity index (χ0v) is 13.5. The zero-order chi connectivity index (χ0) is 14.6. The van der Waals surface area contributed by atoms with Crippen molar-refractivity contribution >= 4 is 40.9 Å². The summed E-state index contributed by atoms with van der Waals surface area (Å²) in [5.41, 5.74) is 4.71. The monoisotopic (exact) mass is 320 g/mol. The maximum atomic E-state index is 11.5. The Labute approximate surface area is 128 Å². The van der Waals surface area contributed by atoms with Crippen LogP contribution < -0.4 is 11.1 Å². The van der Waals surface area contributed by atoms with Crippen molar-refractivity contribution in [3.8, 4) is 0 Å².